The van der Waals surface area contributed by atoms with Gasteiger partial charge in [0.1, 0.15) is 5.60 Å². The van der Waals surface area contributed by atoms with E-state index in [2.05, 4.69) is 0 Å². The van der Waals surface area contributed by atoms with Gasteiger partial charge in [-0.15, -0.1) is 0 Å². The van der Waals surface area contributed by atoms with Crippen LogP contribution < -0.4 is 5.73 Å². The molecule has 0 aliphatic carbocycles. The molecular formula is C18H28N2O5S. The summed E-state index contributed by atoms with van der Waals surface area (Å²) in [4.78, 5) is 13.7. The van der Waals surface area contributed by atoms with Crippen LogP contribution in [-0.4, -0.2) is 48.6 Å². The van der Waals surface area contributed by atoms with E-state index in [0.29, 0.717) is 32.5 Å². The molecule has 0 aromatic heterocycles. The van der Waals surface area contributed by atoms with Crippen LogP contribution >= 0.6 is 0 Å². The first-order valence-corrected chi connectivity index (χ1v) is 10.3. The van der Waals surface area contributed by atoms with Crippen molar-refractivity contribution in [1.82, 2.24) is 4.90 Å². The van der Waals surface area contributed by atoms with Gasteiger partial charge >= 0.3 is 6.09 Å². The number of benzene rings is 1. The third kappa shape index (κ3) is 4.96. The molecule has 1 amide bonds. The molecule has 0 spiro atoms. The van der Waals surface area contributed by atoms with Crippen LogP contribution in [0.3, 0.4) is 0 Å². The smallest absolute Gasteiger partial charge is 0.410 e. The summed E-state index contributed by atoms with van der Waals surface area (Å²) in [5.41, 5.74) is 4.27. The third-order valence-corrected chi connectivity index (χ3v) is 6.35. The average Bonchev–Trinajstić information content (AvgIpc) is 2.59. The highest BCUT2D eigenvalue weighted by atomic mass is 32.2. The molecule has 8 heteroatoms. The number of rotatable bonds is 4. The number of piperidine rings is 1. The first kappa shape index (κ1) is 20.7. The van der Waals surface area contributed by atoms with Crippen LogP contribution in [0.5, 0.6) is 0 Å². The monoisotopic (exact) mass is 384 g/mol. The van der Waals surface area contributed by atoms with Crippen molar-refractivity contribution < 1.29 is 23.1 Å². The maximum Gasteiger partial charge on any atom is 0.410 e. The van der Waals surface area contributed by atoms with Gasteiger partial charge in [-0.1, -0.05) is 12.1 Å². The van der Waals surface area contributed by atoms with E-state index in [1.807, 2.05) is 0 Å². The van der Waals surface area contributed by atoms with E-state index in [1.165, 1.54) is 12.1 Å². The van der Waals surface area contributed by atoms with Gasteiger partial charge in [0.25, 0.3) is 0 Å². The first-order chi connectivity index (χ1) is 12.0. The Morgan fingerprint density at radius 1 is 1.27 bits per heavy atom. The number of aliphatic hydroxyl groups is 1. The van der Waals surface area contributed by atoms with E-state index < -0.39 is 32.9 Å². The molecule has 26 heavy (non-hydrogen) atoms. The molecule has 0 bridgehead atoms. The number of nitrogens with two attached hydrogens (primary N) is 1. The van der Waals surface area contributed by atoms with E-state index in [9.17, 15) is 18.3 Å². The molecule has 1 aromatic carbocycles. The van der Waals surface area contributed by atoms with Crippen molar-refractivity contribution in [2.75, 3.05) is 13.1 Å². The molecule has 146 valence electrons. The van der Waals surface area contributed by atoms with E-state index in [1.54, 1.807) is 37.8 Å². The fraction of sp³-hybridized carbons (Fsp3) is 0.611. The lowest BCUT2D eigenvalue weighted by Crippen LogP contribution is -2.44. The minimum atomic E-state index is -3.85. The zero-order chi connectivity index (χ0) is 19.5. The van der Waals surface area contributed by atoms with E-state index >= 15 is 0 Å². The lowest BCUT2D eigenvalue weighted by atomic mass is 9.98. The summed E-state index contributed by atoms with van der Waals surface area (Å²) in [5, 5.41) is 10.4. The quantitative estimate of drug-likeness (QED) is 0.820. The molecule has 1 aliphatic heterocycles. The minimum Gasteiger partial charge on any atom is -0.444 e. The maximum atomic E-state index is 12.6. The van der Waals surface area contributed by atoms with Crippen molar-refractivity contribution in [3.63, 3.8) is 0 Å². The highest BCUT2D eigenvalue weighted by molar-refractivity contribution is 7.91. The molecule has 7 nitrogen and oxygen atoms in total. The molecule has 0 radical (unpaired) electrons. The second-order valence-corrected chi connectivity index (χ2v) is 9.63. The Morgan fingerprint density at radius 2 is 1.81 bits per heavy atom. The average molecular weight is 384 g/mol. The number of carbonyl (C=O) groups excluding carboxylic acids is 1. The van der Waals surface area contributed by atoms with Crippen molar-refractivity contribution in [2.45, 2.75) is 56.1 Å². The molecule has 1 unspecified atom stereocenters. The minimum absolute atomic E-state index is 0.0803. The number of hydrogen-bond donors (Lipinski definition) is 2. The predicted molar refractivity (Wildman–Crippen MR) is 98.1 cm³/mol. The number of sulfone groups is 1. The number of nitrogens with zero attached hydrogens (tertiary/aromatic N) is 1. The highest BCUT2D eigenvalue weighted by Gasteiger charge is 2.36. The fourth-order valence-corrected chi connectivity index (χ4v) is 4.47. The van der Waals surface area contributed by atoms with Gasteiger partial charge in [-0.25, -0.2) is 13.2 Å². The van der Waals surface area contributed by atoms with E-state index in [-0.39, 0.29) is 4.90 Å². The van der Waals surface area contributed by atoms with Crippen LogP contribution in [0, 0.1) is 5.92 Å². The molecule has 1 aromatic rings. The lowest BCUT2D eigenvalue weighted by molar-refractivity contribution is 0.0141. The topological polar surface area (TPSA) is 110 Å². The van der Waals surface area contributed by atoms with Crippen molar-refractivity contribution >= 4 is 15.9 Å². The Kier molecular flexibility index (Phi) is 6.31. The largest absolute Gasteiger partial charge is 0.444 e. The van der Waals surface area contributed by atoms with Crippen molar-refractivity contribution in [2.24, 2.45) is 11.7 Å². The van der Waals surface area contributed by atoms with E-state index in [0.717, 1.165) is 5.56 Å². The van der Waals surface area contributed by atoms with Gasteiger partial charge in [0, 0.05) is 25.6 Å². The Bertz CT molecular complexity index is 717. The Labute approximate surface area is 155 Å². The molecule has 1 saturated heterocycles. The van der Waals surface area contributed by atoms with Crippen molar-refractivity contribution in [1.29, 1.82) is 0 Å². The summed E-state index contributed by atoms with van der Waals surface area (Å²) in [6.07, 6.45) is 0.395. The number of likely N-dealkylation sites (tertiary alicyclic amines) is 1. The Hall–Kier alpha value is -1.64. The van der Waals surface area contributed by atoms with Gasteiger partial charge < -0.3 is 20.5 Å². The number of ether oxygens (including phenoxy) is 1. The fourth-order valence-electron chi connectivity index (χ4n) is 2.90. The molecule has 2 rings (SSSR count). The van der Waals surface area contributed by atoms with Crippen LogP contribution in [0.25, 0.3) is 0 Å². The molecule has 0 saturated carbocycles. The second kappa shape index (κ2) is 7.94. The zero-order valence-corrected chi connectivity index (χ0v) is 16.3. The van der Waals surface area contributed by atoms with Crippen LogP contribution in [0.4, 0.5) is 4.79 Å². The number of hydrogen-bond acceptors (Lipinski definition) is 6. The highest BCUT2D eigenvalue weighted by Crippen LogP contribution is 2.28. The number of aliphatic hydroxyl groups excluding tert-OH is 1. The standard InChI is InChI=1S/C18H28N2O5S/c1-18(2,3)25-17(22)20-10-8-14(9-11-20)16(21)26(23,24)15-6-4-13(12-19)5-7-15/h4-7,14,16,21H,8-12,19H2,1-3H3. The normalized spacial score (nSPS) is 17.8. The van der Waals surface area contributed by atoms with Gasteiger partial charge in [-0.05, 0) is 51.3 Å². The molecule has 1 aliphatic rings. The van der Waals surface area contributed by atoms with Crippen molar-refractivity contribution in [3.05, 3.63) is 29.8 Å². The second-order valence-electron chi connectivity index (χ2n) is 7.59. The van der Waals surface area contributed by atoms with Crippen molar-refractivity contribution in [3.8, 4) is 0 Å². The Morgan fingerprint density at radius 3 is 2.27 bits per heavy atom. The molecule has 1 atom stereocenters. The van der Waals surface area contributed by atoms with Gasteiger partial charge in [0.05, 0.1) is 4.90 Å². The SMILES string of the molecule is CC(C)(C)OC(=O)N1CCC(C(O)S(=O)(=O)c2ccc(CN)cc2)CC1. The van der Waals surface area contributed by atoms with Crippen LogP contribution in [0.15, 0.2) is 29.2 Å². The first-order valence-electron chi connectivity index (χ1n) is 8.73. The summed E-state index contributed by atoms with van der Waals surface area (Å²) in [7, 11) is -3.85. The summed E-state index contributed by atoms with van der Waals surface area (Å²) >= 11 is 0. The Balaban J connectivity index is 2.00. The van der Waals surface area contributed by atoms with Crippen LogP contribution in [0.1, 0.15) is 39.2 Å². The zero-order valence-electron chi connectivity index (χ0n) is 15.5. The maximum absolute atomic E-state index is 12.6. The molecular weight excluding hydrogens is 356 g/mol. The van der Waals surface area contributed by atoms with Gasteiger partial charge in [0.2, 0.25) is 9.84 Å². The van der Waals surface area contributed by atoms with Gasteiger partial charge in [-0.3, -0.25) is 0 Å². The predicted octanol–water partition coefficient (Wildman–Crippen LogP) is 1.88. The summed E-state index contributed by atoms with van der Waals surface area (Å²) in [5.74, 6) is -0.423. The summed E-state index contributed by atoms with van der Waals surface area (Å²) < 4.78 is 30.6. The third-order valence-electron chi connectivity index (χ3n) is 4.40. The summed E-state index contributed by atoms with van der Waals surface area (Å²) in [6.45, 7) is 6.43. The van der Waals surface area contributed by atoms with Gasteiger partial charge in [0.15, 0.2) is 5.44 Å². The van der Waals surface area contributed by atoms with E-state index in [4.69, 9.17) is 10.5 Å². The molecule has 1 heterocycles. The molecule has 1 fully saturated rings. The number of amides is 1. The van der Waals surface area contributed by atoms with Crippen LogP contribution in [-0.2, 0) is 21.1 Å². The van der Waals surface area contributed by atoms with Gasteiger partial charge in [-0.2, -0.15) is 0 Å². The van der Waals surface area contributed by atoms with Crippen LogP contribution in [0.2, 0.25) is 0 Å². The lowest BCUT2D eigenvalue weighted by Gasteiger charge is -2.34. The number of carbonyl (C=O) groups is 1. The molecule has 3 N–H and O–H groups in total. The summed E-state index contributed by atoms with van der Waals surface area (Å²) in [6, 6.07) is 6.22.